The van der Waals surface area contributed by atoms with Crippen LogP contribution >= 0.6 is 0 Å². The average molecular weight is 193 g/mol. The zero-order chi connectivity index (χ0) is 9.54. The second-order valence-corrected chi connectivity index (χ2v) is 5.80. The van der Waals surface area contributed by atoms with Crippen molar-refractivity contribution < 1.29 is 0 Å². The number of rotatable bonds is 3. The van der Waals surface area contributed by atoms with Crippen molar-refractivity contribution in [2.24, 2.45) is 17.8 Å². The monoisotopic (exact) mass is 193 g/mol. The molecule has 0 aromatic rings. The van der Waals surface area contributed by atoms with Crippen LogP contribution in [0.4, 0.5) is 0 Å². The van der Waals surface area contributed by atoms with Crippen LogP contribution in [-0.2, 0) is 0 Å². The van der Waals surface area contributed by atoms with E-state index in [1.165, 1.54) is 44.9 Å². The lowest BCUT2D eigenvalue weighted by atomic mass is 9.68. The minimum atomic E-state index is 0.907. The van der Waals surface area contributed by atoms with E-state index in [9.17, 15) is 0 Å². The maximum absolute atomic E-state index is 3.93. The summed E-state index contributed by atoms with van der Waals surface area (Å²) < 4.78 is 0. The van der Waals surface area contributed by atoms with E-state index in [0.717, 1.165) is 29.8 Å². The predicted octanol–water partition coefficient (Wildman–Crippen LogP) is 2.95. The zero-order valence-electron chi connectivity index (χ0n) is 9.34. The van der Waals surface area contributed by atoms with Gasteiger partial charge in [-0.1, -0.05) is 26.2 Å². The normalized spacial score (nSPS) is 50.8. The van der Waals surface area contributed by atoms with E-state index in [1.54, 1.807) is 0 Å². The maximum atomic E-state index is 3.93. The summed E-state index contributed by atoms with van der Waals surface area (Å²) in [5, 5.41) is 3.93. The first-order chi connectivity index (χ1) is 6.86. The molecule has 1 N–H and O–H groups in total. The van der Waals surface area contributed by atoms with E-state index in [1.807, 2.05) is 0 Å². The van der Waals surface area contributed by atoms with Crippen molar-refractivity contribution >= 4 is 0 Å². The molecule has 0 amide bonds. The minimum absolute atomic E-state index is 0.907. The highest BCUT2D eigenvalue weighted by molar-refractivity contribution is 4.98. The fraction of sp³-hybridized carbons (Fsp3) is 1.00. The van der Waals surface area contributed by atoms with Gasteiger partial charge in [-0.2, -0.15) is 0 Å². The summed E-state index contributed by atoms with van der Waals surface area (Å²) in [6.45, 7) is 2.33. The van der Waals surface area contributed by atoms with Gasteiger partial charge in [0.2, 0.25) is 0 Å². The summed E-state index contributed by atoms with van der Waals surface area (Å²) in [5.41, 5.74) is 0. The molecule has 0 heterocycles. The third-order valence-electron chi connectivity index (χ3n) is 4.92. The van der Waals surface area contributed by atoms with Crippen LogP contribution in [0.2, 0.25) is 0 Å². The molecular formula is C13H23N. The Kier molecular flexibility index (Phi) is 2.31. The molecule has 0 aromatic heterocycles. The summed E-state index contributed by atoms with van der Waals surface area (Å²) in [6.07, 6.45) is 10.5. The van der Waals surface area contributed by atoms with Crippen molar-refractivity contribution in [3.8, 4) is 0 Å². The van der Waals surface area contributed by atoms with E-state index in [-0.39, 0.29) is 0 Å². The lowest BCUT2D eigenvalue weighted by Gasteiger charge is -2.43. The van der Waals surface area contributed by atoms with Crippen molar-refractivity contribution in [3.63, 3.8) is 0 Å². The summed E-state index contributed by atoms with van der Waals surface area (Å²) in [6, 6.07) is 1.81. The molecule has 3 unspecified atom stereocenters. The molecule has 4 saturated carbocycles. The van der Waals surface area contributed by atoms with Gasteiger partial charge in [-0.05, 0) is 43.4 Å². The topological polar surface area (TPSA) is 12.0 Å². The number of nitrogens with one attached hydrogen (secondary N) is 1. The third kappa shape index (κ3) is 1.60. The summed E-state index contributed by atoms with van der Waals surface area (Å²) in [4.78, 5) is 0. The highest BCUT2D eigenvalue weighted by atomic mass is 15.0. The number of fused-ring (bicyclic) bond motifs is 3. The lowest BCUT2D eigenvalue weighted by molar-refractivity contribution is 0.122. The molecule has 0 radical (unpaired) electrons. The van der Waals surface area contributed by atoms with Crippen molar-refractivity contribution in [1.82, 2.24) is 5.32 Å². The molecule has 80 valence electrons. The molecule has 1 heteroatoms. The SMILES string of the molecule is CCC1CC1NC1CC2CCC1CC2. The van der Waals surface area contributed by atoms with Gasteiger partial charge in [0.25, 0.3) is 0 Å². The number of hydrogen-bond acceptors (Lipinski definition) is 1. The third-order valence-corrected chi connectivity index (χ3v) is 4.92. The van der Waals surface area contributed by atoms with E-state index in [4.69, 9.17) is 0 Å². The second kappa shape index (κ2) is 3.52. The Morgan fingerprint density at radius 1 is 1.00 bits per heavy atom. The fourth-order valence-electron chi connectivity index (χ4n) is 3.76. The molecule has 4 aliphatic carbocycles. The van der Waals surface area contributed by atoms with Gasteiger partial charge >= 0.3 is 0 Å². The predicted molar refractivity (Wildman–Crippen MR) is 59.2 cm³/mol. The molecule has 0 aromatic carbocycles. The smallest absolute Gasteiger partial charge is 0.0102 e. The van der Waals surface area contributed by atoms with Crippen molar-refractivity contribution in [3.05, 3.63) is 0 Å². The molecule has 4 fully saturated rings. The van der Waals surface area contributed by atoms with Crippen molar-refractivity contribution in [1.29, 1.82) is 0 Å². The molecule has 0 spiro atoms. The van der Waals surface area contributed by atoms with Crippen LogP contribution in [0.25, 0.3) is 0 Å². The molecule has 14 heavy (non-hydrogen) atoms. The maximum Gasteiger partial charge on any atom is 0.0102 e. The summed E-state index contributed by atoms with van der Waals surface area (Å²) in [5.74, 6) is 3.14. The Balaban J connectivity index is 1.54. The molecule has 0 saturated heterocycles. The Morgan fingerprint density at radius 3 is 2.29 bits per heavy atom. The average Bonchev–Trinajstić information content (AvgIpc) is 2.98. The van der Waals surface area contributed by atoms with Gasteiger partial charge in [-0.15, -0.1) is 0 Å². The van der Waals surface area contributed by atoms with Crippen molar-refractivity contribution in [2.75, 3.05) is 0 Å². The molecule has 4 aliphatic rings. The van der Waals surface area contributed by atoms with Gasteiger partial charge in [-0.3, -0.25) is 0 Å². The van der Waals surface area contributed by atoms with Crippen LogP contribution in [-0.4, -0.2) is 12.1 Å². The van der Waals surface area contributed by atoms with Crippen molar-refractivity contribution in [2.45, 2.75) is 64.0 Å². The molecule has 4 rings (SSSR count). The highest BCUT2D eigenvalue weighted by Crippen LogP contribution is 2.43. The van der Waals surface area contributed by atoms with E-state index < -0.39 is 0 Å². The lowest BCUT2D eigenvalue weighted by Crippen LogP contribution is -2.45. The van der Waals surface area contributed by atoms with Gasteiger partial charge in [0.05, 0.1) is 0 Å². The molecule has 3 atom stereocenters. The van der Waals surface area contributed by atoms with Gasteiger partial charge in [0.15, 0.2) is 0 Å². The quantitative estimate of drug-likeness (QED) is 0.726. The first kappa shape index (κ1) is 9.21. The summed E-state index contributed by atoms with van der Waals surface area (Å²) in [7, 11) is 0. The zero-order valence-corrected chi connectivity index (χ0v) is 9.34. The van der Waals surface area contributed by atoms with E-state index in [2.05, 4.69) is 12.2 Å². The Labute approximate surface area is 87.7 Å². The van der Waals surface area contributed by atoms with Gasteiger partial charge < -0.3 is 5.32 Å². The molecule has 2 bridgehead atoms. The number of hydrogen-bond donors (Lipinski definition) is 1. The Morgan fingerprint density at radius 2 is 1.79 bits per heavy atom. The molecular weight excluding hydrogens is 170 g/mol. The first-order valence-electron chi connectivity index (χ1n) is 6.63. The van der Waals surface area contributed by atoms with Crippen LogP contribution in [0.15, 0.2) is 0 Å². The minimum Gasteiger partial charge on any atom is -0.311 e. The Hall–Kier alpha value is -0.0400. The fourth-order valence-corrected chi connectivity index (χ4v) is 3.76. The van der Waals surface area contributed by atoms with E-state index >= 15 is 0 Å². The highest BCUT2D eigenvalue weighted by Gasteiger charge is 2.41. The standard InChI is InChI=1S/C13H23N/c1-2-10-8-13(10)14-12-7-9-3-5-11(12)6-4-9/h9-14H,2-8H2,1H3. The summed E-state index contributed by atoms with van der Waals surface area (Å²) >= 11 is 0. The van der Waals surface area contributed by atoms with Gasteiger partial charge in [-0.25, -0.2) is 0 Å². The van der Waals surface area contributed by atoms with Crippen LogP contribution in [0.1, 0.15) is 51.9 Å². The molecule has 1 nitrogen and oxygen atoms in total. The Bertz CT molecular complexity index is 205. The van der Waals surface area contributed by atoms with Crippen LogP contribution in [0, 0.1) is 17.8 Å². The molecule has 0 aliphatic heterocycles. The second-order valence-electron chi connectivity index (χ2n) is 5.80. The first-order valence-corrected chi connectivity index (χ1v) is 6.63. The van der Waals surface area contributed by atoms with Crippen LogP contribution in [0.5, 0.6) is 0 Å². The van der Waals surface area contributed by atoms with Crippen LogP contribution < -0.4 is 5.32 Å². The van der Waals surface area contributed by atoms with Gasteiger partial charge in [0.1, 0.15) is 0 Å². The van der Waals surface area contributed by atoms with Crippen LogP contribution in [0.3, 0.4) is 0 Å². The van der Waals surface area contributed by atoms with Gasteiger partial charge in [0, 0.05) is 12.1 Å². The largest absolute Gasteiger partial charge is 0.311 e. The van der Waals surface area contributed by atoms with E-state index in [0.29, 0.717) is 0 Å².